The van der Waals surface area contributed by atoms with Gasteiger partial charge in [0, 0.05) is 5.56 Å². The maximum absolute atomic E-state index is 14.2. The van der Waals surface area contributed by atoms with E-state index in [1.54, 1.807) is 44.2 Å². The fraction of sp³-hybridized carbons (Fsp3) is 0.120. The zero-order valence-electron chi connectivity index (χ0n) is 18.0. The normalized spacial score (nSPS) is 11.4. The molecule has 1 aromatic heterocycles. The Morgan fingerprint density at radius 1 is 0.882 bits per heavy atom. The van der Waals surface area contributed by atoms with Crippen molar-refractivity contribution in [2.75, 3.05) is 5.32 Å². The molecular weight excluding hydrogens is 470 g/mol. The van der Waals surface area contributed by atoms with Crippen LogP contribution in [0.15, 0.2) is 66.7 Å². The van der Waals surface area contributed by atoms with Crippen LogP contribution < -0.4 is 10.1 Å². The van der Waals surface area contributed by atoms with Gasteiger partial charge in [0.2, 0.25) is 0 Å². The summed E-state index contributed by atoms with van der Waals surface area (Å²) in [4.78, 5) is 8.57. The highest BCUT2D eigenvalue weighted by Gasteiger charge is 2.35. The molecule has 34 heavy (non-hydrogen) atoms. The van der Waals surface area contributed by atoms with Crippen LogP contribution in [0, 0.1) is 19.7 Å². The monoisotopic (exact) mass is 487 g/mol. The number of hydrogen-bond donors (Lipinski definition) is 1. The lowest BCUT2D eigenvalue weighted by Gasteiger charge is -2.19. The van der Waals surface area contributed by atoms with E-state index in [0.717, 1.165) is 12.1 Å². The van der Waals surface area contributed by atoms with Crippen molar-refractivity contribution in [3.8, 4) is 22.6 Å². The van der Waals surface area contributed by atoms with Gasteiger partial charge in [0.1, 0.15) is 29.0 Å². The molecule has 0 saturated heterocycles. The van der Waals surface area contributed by atoms with Crippen molar-refractivity contribution in [2.24, 2.45) is 0 Å². The number of nitrogens with one attached hydrogen (secondary N) is 1. The molecule has 0 saturated carbocycles. The van der Waals surface area contributed by atoms with Gasteiger partial charge in [0.25, 0.3) is 0 Å². The lowest BCUT2D eigenvalue weighted by molar-refractivity contribution is -0.137. The van der Waals surface area contributed by atoms with Crippen LogP contribution in [-0.4, -0.2) is 9.97 Å². The number of aromatic nitrogens is 2. The van der Waals surface area contributed by atoms with E-state index in [1.165, 1.54) is 24.3 Å². The highest BCUT2D eigenvalue weighted by Crippen LogP contribution is 2.43. The van der Waals surface area contributed by atoms with Crippen molar-refractivity contribution in [1.29, 1.82) is 0 Å². The Kier molecular flexibility index (Phi) is 6.43. The van der Waals surface area contributed by atoms with Gasteiger partial charge in [-0.1, -0.05) is 29.8 Å². The number of hydrogen-bond acceptors (Lipinski definition) is 4. The number of benzene rings is 3. The number of anilines is 2. The van der Waals surface area contributed by atoms with Crippen molar-refractivity contribution in [2.45, 2.75) is 20.0 Å². The second-order valence-electron chi connectivity index (χ2n) is 7.45. The smallest absolute Gasteiger partial charge is 0.417 e. The summed E-state index contributed by atoms with van der Waals surface area (Å²) >= 11 is 6.12. The summed E-state index contributed by atoms with van der Waals surface area (Å²) in [6.45, 7) is 3.21. The summed E-state index contributed by atoms with van der Waals surface area (Å²) in [5, 5.41) is 2.99. The zero-order chi connectivity index (χ0) is 24.5. The molecule has 174 valence electrons. The van der Waals surface area contributed by atoms with Gasteiger partial charge in [0.05, 0.1) is 22.0 Å². The molecular formula is C25H18ClF4N3O. The first-order valence-corrected chi connectivity index (χ1v) is 10.5. The van der Waals surface area contributed by atoms with Gasteiger partial charge in [-0.15, -0.1) is 0 Å². The van der Waals surface area contributed by atoms with Gasteiger partial charge >= 0.3 is 6.18 Å². The summed E-state index contributed by atoms with van der Waals surface area (Å²) in [5.74, 6) is 0.357. The minimum absolute atomic E-state index is 0.0315. The predicted octanol–water partition coefficient (Wildman–Crippen LogP) is 8.11. The molecule has 0 fully saturated rings. The Morgan fingerprint density at radius 2 is 1.62 bits per heavy atom. The Morgan fingerprint density at radius 3 is 2.29 bits per heavy atom. The number of ether oxygens (including phenoxy) is 1. The van der Waals surface area contributed by atoms with Crippen molar-refractivity contribution in [1.82, 2.24) is 9.97 Å². The topological polar surface area (TPSA) is 47.0 Å². The fourth-order valence-corrected chi connectivity index (χ4v) is 3.72. The Balaban J connectivity index is 1.84. The van der Waals surface area contributed by atoms with E-state index < -0.39 is 17.6 Å². The number of rotatable bonds is 5. The Bertz CT molecular complexity index is 1340. The number of halogens is 5. The summed E-state index contributed by atoms with van der Waals surface area (Å²) in [7, 11) is 0. The third kappa shape index (κ3) is 5.12. The minimum atomic E-state index is -4.69. The minimum Gasteiger partial charge on any atom is -0.457 e. The second kappa shape index (κ2) is 9.30. The first kappa shape index (κ1) is 23.5. The van der Waals surface area contributed by atoms with E-state index in [1.807, 2.05) is 0 Å². The van der Waals surface area contributed by atoms with E-state index in [2.05, 4.69) is 15.3 Å². The average molecular weight is 488 g/mol. The molecule has 1 N–H and O–H groups in total. The van der Waals surface area contributed by atoms with E-state index in [0.29, 0.717) is 23.0 Å². The van der Waals surface area contributed by atoms with Gasteiger partial charge in [-0.3, -0.25) is 0 Å². The van der Waals surface area contributed by atoms with Crippen LogP contribution in [0.4, 0.5) is 29.1 Å². The lowest BCUT2D eigenvalue weighted by Crippen LogP contribution is -2.10. The van der Waals surface area contributed by atoms with E-state index in [9.17, 15) is 17.6 Å². The van der Waals surface area contributed by atoms with Gasteiger partial charge in [-0.05, 0) is 67.9 Å². The third-order valence-corrected chi connectivity index (χ3v) is 5.24. The van der Waals surface area contributed by atoms with Crippen LogP contribution in [0.3, 0.4) is 0 Å². The molecule has 0 radical (unpaired) electrons. The van der Waals surface area contributed by atoms with Crippen LogP contribution in [-0.2, 0) is 6.18 Å². The molecule has 1 heterocycles. The number of para-hydroxylation sites is 1. The molecule has 0 bridgehead atoms. The molecule has 0 amide bonds. The molecule has 4 rings (SSSR count). The number of nitrogens with zero attached hydrogens (tertiary/aromatic N) is 2. The molecule has 0 unspecified atom stereocenters. The molecule has 0 spiro atoms. The van der Waals surface area contributed by atoms with Gasteiger partial charge in [-0.25, -0.2) is 14.4 Å². The standard InChI is InChI=1S/C25H18ClF4N3O/c1-14-23(24(32-15(2)31-14)33-22-11-8-16(27)12-21(22)26)19-10-9-18(13-20(19)25(28,29)30)34-17-6-4-3-5-7-17/h3-13H,1-2H3,(H,31,32,33). The molecule has 9 heteroatoms. The van der Waals surface area contributed by atoms with Crippen molar-refractivity contribution in [3.05, 3.63) is 94.7 Å². The summed E-state index contributed by atoms with van der Waals surface area (Å²) < 4.78 is 61.5. The van der Waals surface area contributed by atoms with Gasteiger partial charge in [-0.2, -0.15) is 13.2 Å². The van der Waals surface area contributed by atoms with Crippen LogP contribution in [0.2, 0.25) is 5.02 Å². The molecule has 0 aliphatic heterocycles. The number of alkyl halides is 3. The maximum Gasteiger partial charge on any atom is 0.417 e. The number of aryl methyl sites for hydroxylation is 2. The quantitative estimate of drug-likeness (QED) is 0.289. The fourth-order valence-electron chi connectivity index (χ4n) is 3.51. The largest absolute Gasteiger partial charge is 0.457 e. The maximum atomic E-state index is 14.2. The third-order valence-electron chi connectivity index (χ3n) is 4.93. The first-order valence-electron chi connectivity index (χ1n) is 10.1. The molecule has 0 aliphatic rings. The summed E-state index contributed by atoms with van der Waals surface area (Å²) in [6.07, 6.45) is -4.69. The SMILES string of the molecule is Cc1nc(C)c(-c2ccc(Oc3ccccc3)cc2C(F)(F)F)c(Nc2ccc(F)cc2Cl)n1. The summed E-state index contributed by atoms with van der Waals surface area (Å²) in [5.41, 5.74) is -0.282. The van der Waals surface area contributed by atoms with Gasteiger partial charge < -0.3 is 10.1 Å². The summed E-state index contributed by atoms with van der Waals surface area (Å²) in [6, 6.07) is 15.9. The second-order valence-corrected chi connectivity index (χ2v) is 7.86. The molecule has 4 aromatic rings. The predicted molar refractivity (Wildman–Crippen MR) is 123 cm³/mol. The molecule has 3 aromatic carbocycles. The van der Waals surface area contributed by atoms with Crippen LogP contribution in [0.1, 0.15) is 17.1 Å². The van der Waals surface area contributed by atoms with E-state index >= 15 is 0 Å². The van der Waals surface area contributed by atoms with Crippen molar-refractivity contribution >= 4 is 23.1 Å². The Labute approximate surface area is 198 Å². The Hall–Kier alpha value is -3.65. The first-order chi connectivity index (χ1) is 16.1. The average Bonchev–Trinajstić information content (AvgIpc) is 2.76. The molecule has 0 aliphatic carbocycles. The van der Waals surface area contributed by atoms with E-state index in [-0.39, 0.29) is 27.7 Å². The molecule has 0 atom stereocenters. The van der Waals surface area contributed by atoms with Crippen LogP contribution in [0.5, 0.6) is 11.5 Å². The molecule has 4 nitrogen and oxygen atoms in total. The highest BCUT2D eigenvalue weighted by atomic mass is 35.5. The van der Waals surface area contributed by atoms with Crippen LogP contribution in [0.25, 0.3) is 11.1 Å². The highest BCUT2D eigenvalue weighted by molar-refractivity contribution is 6.33. The zero-order valence-corrected chi connectivity index (χ0v) is 18.8. The van der Waals surface area contributed by atoms with E-state index in [4.69, 9.17) is 16.3 Å². The van der Waals surface area contributed by atoms with Crippen molar-refractivity contribution in [3.63, 3.8) is 0 Å². The lowest BCUT2D eigenvalue weighted by atomic mass is 9.97. The van der Waals surface area contributed by atoms with Gasteiger partial charge in [0.15, 0.2) is 0 Å². The van der Waals surface area contributed by atoms with Crippen molar-refractivity contribution < 1.29 is 22.3 Å². The van der Waals surface area contributed by atoms with Crippen LogP contribution >= 0.6 is 11.6 Å².